The van der Waals surface area contributed by atoms with E-state index in [2.05, 4.69) is 59.6 Å². The molecule has 73 heavy (non-hydrogen) atoms. The summed E-state index contributed by atoms with van der Waals surface area (Å²) in [5.74, 6) is 0.519. The topological polar surface area (TPSA) is 191 Å². The van der Waals surface area contributed by atoms with Crippen molar-refractivity contribution in [2.24, 2.45) is 16.7 Å². The normalized spacial score (nSPS) is 21.8. The predicted molar refractivity (Wildman–Crippen MR) is 284 cm³/mol. The number of aryl methyl sites for hydroxylation is 1. The van der Waals surface area contributed by atoms with Gasteiger partial charge in [-0.25, -0.2) is 9.97 Å². The summed E-state index contributed by atoms with van der Waals surface area (Å²) in [6.45, 7) is 17.7. The van der Waals surface area contributed by atoms with Gasteiger partial charge in [0.15, 0.2) is 0 Å². The average molecular weight is 1020 g/mol. The molecular weight excluding hydrogens is 960 g/mol. The highest BCUT2D eigenvalue weighted by molar-refractivity contribution is 7.13. The van der Waals surface area contributed by atoms with E-state index in [1.54, 1.807) is 46.6 Å². The van der Waals surface area contributed by atoms with Crippen LogP contribution in [0.2, 0.25) is 5.02 Å². The first-order valence-electron chi connectivity index (χ1n) is 24.9. The molecule has 1 aliphatic carbocycles. The van der Waals surface area contributed by atoms with E-state index in [9.17, 15) is 24.8 Å². The van der Waals surface area contributed by atoms with Gasteiger partial charge in [0.2, 0.25) is 11.8 Å². The lowest BCUT2D eigenvalue weighted by Gasteiger charge is -2.63. The molecule has 0 spiro atoms. The first-order chi connectivity index (χ1) is 34.8. The van der Waals surface area contributed by atoms with Crippen LogP contribution in [-0.4, -0.2) is 97.4 Å². The molecule has 4 N–H and O–H groups in total. The van der Waals surface area contributed by atoms with Crippen molar-refractivity contribution in [1.29, 1.82) is 5.26 Å². The first kappa shape index (κ1) is 51.1. The van der Waals surface area contributed by atoms with Gasteiger partial charge in [0.25, 0.3) is 5.91 Å². The van der Waals surface area contributed by atoms with Gasteiger partial charge in [-0.2, -0.15) is 10.4 Å². The number of carbonyl (C=O) groups excluding carboxylic acids is 3. The third-order valence-corrected chi connectivity index (χ3v) is 16.2. The number of benzene rings is 3. The molecule has 6 aromatic rings. The number of aliphatic hydroxyl groups is 1. The second kappa shape index (κ2) is 20.6. The van der Waals surface area contributed by atoms with Crippen LogP contribution in [0, 0.1) is 35.0 Å². The summed E-state index contributed by atoms with van der Waals surface area (Å²) in [6, 6.07) is 24.9. The van der Waals surface area contributed by atoms with E-state index in [4.69, 9.17) is 26.4 Å². The molecule has 0 radical (unpaired) electrons. The molecule has 1 saturated carbocycles. The van der Waals surface area contributed by atoms with Gasteiger partial charge in [-0.1, -0.05) is 77.4 Å². The summed E-state index contributed by atoms with van der Waals surface area (Å²) in [5.41, 5.74) is 7.64. The summed E-state index contributed by atoms with van der Waals surface area (Å²) in [4.78, 5) is 55.9. The third-order valence-electron chi connectivity index (χ3n) is 15.0. The maximum Gasteiger partial charge on any atom is 0.251 e. The minimum atomic E-state index is -0.828. The number of likely N-dealkylation sites (tertiary alicyclic amines) is 1. The first-order valence-corrected chi connectivity index (χ1v) is 26.2. The summed E-state index contributed by atoms with van der Waals surface area (Å²) >= 11 is 7.87. The van der Waals surface area contributed by atoms with E-state index < -0.39 is 18.2 Å². The summed E-state index contributed by atoms with van der Waals surface area (Å²) < 4.78 is 8.08. The Bertz CT molecular complexity index is 3020. The van der Waals surface area contributed by atoms with Crippen LogP contribution in [0.3, 0.4) is 0 Å². The quantitative estimate of drug-likeness (QED) is 0.0767. The monoisotopic (exact) mass is 1020 g/mol. The Kier molecular flexibility index (Phi) is 14.4. The number of β-amino-alcohol motifs (C(OH)–C–C–N with tert-alkyl or cyclic N) is 1. The Hall–Kier alpha value is -6.80. The SMILES string of the molecule is Cc1ncsc1-c1ccc([C@H](C)NC(=O)[C@@H]2C[C@@H](O)CN2C(=O)C(C(C)C)n2cc(-c3ccnc(N4CCC(Nc5ccc(C(=O)NC6C(C)(C)C(Oc7ccc(C#N)c(Cl)c7)C6(C)C)cc5)C4)c3)cn2)cc1. The number of nitriles is 1. The van der Waals surface area contributed by atoms with Crippen molar-refractivity contribution in [2.75, 3.05) is 29.9 Å². The number of thiazole rings is 1. The van der Waals surface area contributed by atoms with Crippen molar-refractivity contribution in [3.8, 4) is 33.4 Å². The Balaban J connectivity index is 0.789. The highest BCUT2D eigenvalue weighted by Crippen LogP contribution is 2.55. The summed E-state index contributed by atoms with van der Waals surface area (Å²) in [6.07, 6.45) is 5.41. The number of nitrogens with one attached hydrogen (secondary N) is 3. The molecule has 2 unspecified atom stereocenters. The van der Waals surface area contributed by atoms with E-state index >= 15 is 0 Å². The number of halogens is 1. The van der Waals surface area contributed by atoms with Crippen LogP contribution in [0.15, 0.2) is 103 Å². The molecule has 0 bridgehead atoms. The second-order valence-corrected chi connectivity index (χ2v) is 22.5. The lowest BCUT2D eigenvalue weighted by Crippen LogP contribution is -2.74. The van der Waals surface area contributed by atoms with Crippen molar-refractivity contribution in [3.63, 3.8) is 0 Å². The van der Waals surface area contributed by atoms with Crippen LogP contribution in [0.25, 0.3) is 21.6 Å². The van der Waals surface area contributed by atoms with Crippen molar-refractivity contribution >= 4 is 52.2 Å². The van der Waals surface area contributed by atoms with Crippen LogP contribution >= 0.6 is 22.9 Å². The van der Waals surface area contributed by atoms with Crippen molar-refractivity contribution in [3.05, 3.63) is 130 Å². The number of amides is 3. The lowest BCUT2D eigenvalue weighted by molar-refractivity contribution is -0.164. The number of carbonyl (C=O) groups is 3. The fraction of sp³-hybridized carbons (Fsp3) is 0.411. The minimum absolute atomic E-state index is 0.0589. The van der Waals surface area contributed by atoms with Crippen molar-refractivity contribution in [1.82, 2.24) is 35.3 Å². The molecule has 15 nitrogen and oxygen atoms in total. The third kappa shape index (κ3) is 10.4. The van der Waals surface area contributed by atoms with E-state index in [1.807, 2.05) is 100 Å². The van der Waals surface area contributed by atoms with Gasteiger partial charge in [0.05, 0.1) is 45.0 Å². The standard InChI is InChI=1S/C56H63ClN10O5S/c1-32(2)48(52(71)66-30-43(68)24-46(66)51(70)62-33(3)35-9-11-36(12-10-35)49-34(4)60-31-73-49)67-28-40(27-61-67)38-19-21-59-47(23-38)65-22-20-42(29-65)63-41-16-13-37(14-17-41)50(69)64-53-55(5,6)54(56(53,7)8)72-44-18-15-39(26-58)45(57)25-44/h9-19,21,23,25,27-28,31-33,42-43,46,48,53-54,63,68H,20,22,24,29-30H2,1-8H3,(H,62,70)(H,64,69)/t33-,42?,43+,46-,48?,53?,54?/m0/s1. The second-order valence-electron chi connectivity index (χ2n) is 21.3. The van der Waals surface area contributed by atoms with Crippen molar-refractivity contribution in [2.45, 2.75) is 111 Å². The number of pyridine rings is 1. The number of rotatable bonds is 15. The fourth-order valence-electron chi connectivity index (χ4n) is 11.3. The molecule has 380 valence electrons. The van der Waals surface area contributed by atoms with Crippen LogP contribution in [-0.2, 0) is 9.59 Å². The maximum absolute atomic E-state index is 14.5. The Morgan fingerprint density at radius 3 is 2.34 bits per heavy atom. The van der Waals surface area contributed by atoms with Gasteiger partial charge < -0.3 is 35.6 Å². The smallest absolute Gasteiger partial charge is 0.251 e. The number of ether oxygens (including phenoxy) is 1. The molecule has 2 aliphatic heterocycles. The number of aromatic nitrogens is 4. The van der Waals surface area contributed by atoms with Gasteiger partial charge in [-0.15, -0.1) is 11.3 Å². The summed E-state index contributed by atoms with van der Waals surface area (Å²) in [5, 5.41) is 35.1. The van der Waals surface area contributed by atoms with E-state index in [1.165, 1.54) is 4.90 Å². The van der Waals surface area contributed by atoms with Crippen LogP contribution in [0.4, 0.5) is 11.5 Å². The highest BCUT2D eigenvalue weighted by Gasteiger charge is 2.64. The van der Waals surface area contributed by atoms with Crippen LogP contribution in [0.5, 0.6) is 5.75 Å². The van der Waals surface area contributed by atoms with E-state index in [-0.39, 0.29) is 71.7 Å². The minimum Gasteiger partial charge on any atom is -0.489 e. The Morgan fingerprint density at radius 1 is 0.932 bits per heavy atom. The Morgan fingerprint density at radius 2 is 1.67 bits per heavy atom. The molecule has 3 aromatic carbocycles. The number of hydrogen-bond donors (Lipinski definition) is 4. The molecule has 5 atom stereocenters. The molecule has 3 aliphatic rings. The fourth-order valence-corrected chi connectivity index (χ4v) is 12.4. The van der Waals surface area contributed by atoms with E-state index in [0.29, 0.717) is 21.9 Å². The number of nitrogens with zero attached hydrogens (tertiary/aromatic N) is 7. The van der Waals surface area contributed by atoms with Gasteiger partial charge in [0.1, 0.15) is 35.8 Å². The van der Waals surface area contributed by atoms with Gasteiger partial charge in [0, 0.05) is 84.2 Å². The van der Waals surface area contributed by atoms with E-state index in [0.717, 1.165) is 63.8 Å². The van der Waals surface area contributed by atoms with Gasteiger partial charge in [-0.3, -0.25) is 19.1 Å². The predicted octanol–water partition coefficient (Wildman–Crippen LogP) is 9.24. The molecular formula is C56H63ClN10O5S. The molecule has 3 aromatic heterocycles. The highest BCUT2D eigenvalue weighted by atomic mass is 35.5. The molecule has 3 amide bonds. The van der Waals surface area contributed by atoms with Crippen LogP contribution in [0.1, 0.15) is 101 Å². The zero-order valence-corrected chi connectivity index (χ0v) is 44.0. The number of hydrogen-bond acceptors (Lipinski definition) is 12. The molecule has 5 heterocycles. The average Bonchev–Trinajstić information content (AvgIpc) is 4.21. The maximum atomic E-state index is 14.5. The number of aliphatic hydroxyl groups excluding tert-OH is 1. The molecule has 9 rings (SSSR count). The van der Waals surface area contributed by atoms with Crippen molar-refractivity contribution < 1.29 is 24.2 Å². The van der Waals surface area contributed by atoms with Crippen LogP contribution < -0.4 is 25.6 Å². The summed E-state index contributed by atoms with van der Waals surface area (Å²) in [7, 11) is 0. The molecule has 2 saturated heterocycles. The van der Waals surface area contributed by atoms with Gasteiger partial charge >= 0.3 is 0 Å². The number of anilines is 2. The lowest BCUT2D eigenvalue weighted by atomic mass is 9.49. The van der Waals surface area contributed by atoms with Gasteiger partial charge in [-0.05, 0) is 91.4 Å². The Labute approximate surface area is 435 Å². The zero-order chi connectivity index (χ0) is 51.9. The zero-order valence-electron chi connectivity index (χ0n) is 42.5. The molecule has 3 fully saturated rings. The molecule has 17 heteroatoms. The largest absolute Gasteiger partial charge is 0.489 e.